The first-order chi connectivity index (χ1) is 6.79. The van der Waals surface area contributed by atoms with Gasteiger partial charge in [-0.2, -0.15) is 0 Å². The lowest BCUT2D eigenvalue weighted by Gasteiger charge is -2.15. The average Bonchev–Trinajstić information content (AvgIpc) is 2.70. The van der Waals surface area contributed by atoms with Gasteiger partial charge in [-0.25, -0.2) is 0 Å². The molecule has 1 fully saturated rings. The van der Waals surface area contributed by atoms with Crippen molar-refractivity contribution in [2.75, 3.05) is 6.54 Å². The zero-order chi connectivity index (χ0) is 9.97. The standard InChI is InChI=1S/C12H14BrN/c1-9(12-7-4-8-14-12)10-5-2-3-6-11(10)13/h2-3,5-6,12,14H,1,4,7-8H2. The number of benzene rings is 1. The van der Waals surface area contributed by atoms with Gasteiger partial charge in [-0.3, -0.25) is 0 Å². The van der Waals surface area contributed by atoms with Gasteiger partial charge in [0.1, 0.15) is 0 Å². The molecule has 1 heterocycles. The van der Waals surface area contributed by atoms with Gasteiger partial charge in [0.2, 0.25) is 0 Å². The van der Waals surface area contributed by atoms with Crippen LogP contribution in [0.25, 0.3) is 5.57 Å². The first-order valence-electron chi connectivity index (χ1n) is 4.96. The maximum Gasteiger partial charge on any atom is 0.0321 e. The Balaban J connectivity index is 2.22. The number of halogens is 1. The Labute approximate surface area is 93.3 Å². The lowest BCUT2D eigenvalue weighted by molar-refractivity contribution is 0.744. The molecule has 1 N–H and O–H groups in total. The third-order valence-electron chi connectivity index (χ3n) is 2.70. The van der Waals surface area contributed by atoms with Crippen LogP contribution in [0.2, 0.25) is 0 Å². The monoisotopic (exact) mass is 251 g/mol. The van der Waals surface area contributed by atoms with Crippen molar-refractivity contribution in [1.82, 2.24) is 5.32 Å². The third-order valence-corrected chi connectivity index (χ3v) is 3.39. The number of hydrogen-bond acceptors (Lipinski definition) is 1. The molecule has 0 aliphatic carbocycles. The second-order valence-corrected chi connectivity index (χ2v) is 4.51. The van der Waals surface area contributed by atoms with E-state index in [9.17, 15) is 0 Å². The highest BCUT2D eigenvalue weighted by molar-refractivity contribution is 9.10. The Morgan fingerprint density at radius 2 is 2.21 bits per heavy atom. The zero-order valence-corrected chi connectivity index (χ0v) is 9.68. The summed E-state index contributed by atoms with van der Waals surface area (Å²) < 4.78 is 1.14. The van der Waals surface area contributed by atoms with Crippen molar-refractivity contribution in [2.45, 2.75) is 18.9 Å². The molecular formula is C12H14BrN. The van der Waals surface area contributed by atoms with Crippen molar-refractivity contribution in [3.63, 3.8) is 0 Å². The number of hydrogen-bond donors (Lipinski definition) is 1. The highest BCUT2D eigenvalue weighted by Gasteiger charge is 2.19. The van der Waals surface area contributed by atoms with Gasteiger partial charge in [0.05, 0.1) is 0 Å². The summed E-state index contributed by atoms with van der Waals surface area (Å²) in [7, 11) is 0. The minimum atomic E-state index is 0.466. The van der Waals surface area contributed by atoms with Crippen LogP contribution in [0.5, 0.6) is 0 Å². The van der Waals surface area contributed by atoms with Gasteiger partial charge in [0.15, 0.2) is 0 Å². The fourth-order valence-electron chi connectivity index (χ4n) is 1.89. The molecule has 2 rings (SSSR count). The van der Waals surface area contributed by atoms with E-state index < -0.39 is 0 Å². The van der Waals surface area contributed by atoms with Crippen LogP contribution in [0.3, 0.4) is 0 Å². The molecule has 1 aliphatic rings. The van der Waals surface area contributed by atoms with Crippen LogP contribution in [0.4, 0.5) is 0 Å². The Hall–Kier alpha value is -0.600. The van der Waals surface area contributed by atoms with Gasteiger partial charge in [-0.1, -0.05) is 40.7 Å². The molecule has 2 heteroatoms. The molecule has 1 aliphatic heterocycles. The van der Waals surface area contributed by atoms with E-state index in [1.54, 1.807) is 0 Å². The highest BCUT2D eigenvalue weighted by atomic mass is 79.9. The molecule has 1 nitrogen and oxygen atoms in total. The van der Waals surface area contributed by atoms with Crippen LogP contribution in [-0.2, 0) is 0 Å². The van der Waals surface area contributed by atoms with Gasteiger partial charge in [0.25, 0.3) is 0 Å². The van der Waals surface area contributed by atoms with Crippen LogP contribution < -0.4 is 5.32 Å². The van der Waals surface area contributed by atoms with Crippen LogP contribution >= 0.6 is 15.9 Å². The summed E-state index contributed by atoms with van der Waals surface area (Å²) in [5.41, 5.74) is 2.43. The minimum Gasteiger partial charge on any atom is -0.310 e. The van der Waals surface area contributed by atoms with Crippen molar-refractivity contribution in [3.8, 4) is 0 Å². The summed E-state index contributed by atoms with van der Waals surface area (Å²) in [4.78, 5) is 0. The Bertz CT molecular complexity index is 340. The molecule has 74 valence electrons. The van der Waals surface area contributed by atoms with Crippen LogP contribution in [-0.4, -0.2) is 12.6 Å². The quantitative estimate of drug-likeness (QED) is 0.852. The van der Waals surface area contributed by atoms with Crippen LogP contribution in [0, 0.1) is 0 Å². The van der Waals surface area contributed by atoms with Gasteiger partial charge in [0, 0.05) is 10.5 Å². The molecule has 0 radical (unpaired) electrons. The van der Waals surface area contributed by atoms with Crippen molar-refractivity contribution < 1.29 is 0 Å². The van der Waals surface area contributed by atoms with E-state index >= 15 is 0 Å². The van der Waals surface area contributed by atoms with Crippen LogP contribution in [0.15, 0.2) is 35.3 Å². The van der Waals surface area contributed by atoms with Gasteiger partial charge < -0.3 is 5.32 Å². The molecule has 0 spiro atoms. The van der Waals surface area contributed by atoms with E-state index in [0.29, 0.717) is 6.04 Å². The van der Waals surface area contributed by atoms with Crippen molar-refractivity contribution in [1.29, 1.82) is 0 Å². The number of nitrogens with one attached hydrogen (secondary N) is 1. The summed E-state index contributed by atoms with van der Waals surface area (Å²) in [5.74, 6) is 0. The van der Waals surface area contributed by atoms with E-state index in [4.69, 9.17) is 0 Å². The fraction of sp³-hybridized carbons (Fsp3) is 0.333. The average molecular weight is 252 g/mol. The van der Waals surface area contributed by atoms with Crippen LogP contribution in [0.1, 0.15) is 18.4 Å². The molecule has 0 amide bonds. The summed E-state index contributed by atoms with van der Waals surface area (Å²) >= 11 is 3.56. The highest BCUT2D eigenvalue weighted by Crippen LogP contribution is 2.28. The second-order valence-electron chi connectivity index (χ2n) is 3.65. The van der Waals surface area contributed by atoms with Gasteiger partial charge in [-0.05, 0) is 36.6 Å². The van der Waals surface area contributed by atoms with Gasteiger partial charge in [-0.15, -0.1) is 0 Å². The molecular weight excluding hydrogens is 238 g/mol. The van der Waals surface area contributed by atoms with E-state index in [1.165, 1.54) is 24.0 Å². The summed E-state index contributed by atoms with van der Waals surface area (Å²) in [6.07, 6.45) is 2.47. The summed E-state index contributed by atoms with van der Waals surface area (Å²) in [6, 6.07) is 8.74. The first kappa shape index (κ1) is 9.94. The smallest absolute Gasteiger partial charge is 0.0321 e. The summed E-state index contributed by atoms with van der Waals surface area (Å²) in [5, 5.41) is 3.46. The Morgan fingerprint density at radius 3 is 2.86 bits per heavy atom. The minimum absolute atomic E-state index is 0.466. The Kier molecular flexibility index (Phi) is 3.04. The normalized spacial score (nSPS) is 21.1. The molecule has 1 unspecified atom stereocenters. The van der Waals surface area contributed by atoms with Crippen molar-refractivity contribution >= 4 is 21.5 Å². The Morgan fingerprint density at radius 1 is 1.43 bits per heavy atom. The lowest BCUT2D eigenvalue weighted by Crippen LogP contribution is -2.22. The molecule has 1 aromatic carbocycles. The van der Waals surface area contributed by atoms with E-state index in [-0.39, 0.29) is 0 Å². The first-order valence-corrected chi connectivity index (χ1v) is 5.75. The molecule has 14 heavy (non-hydrogen) atoms. The van der Waals surface area contributed by atoms with E-state index in [0.717, 1.165) is 11.0 Å². The maximum atomic E-state index is 4.18. The zero-order valence-electron chi connectivity index (χ0n) is 8.09. The lowest BCUT2D eigenvalue weighted by atomic mass is 9.99. The SMILES string of the molecule is C=C(c1ccccc1Br)C1CCCN1. The molecule has 0 saturated carbocycles. The third kappa shape index (κ3) is 1.91. The van der Waals surface area contributed by atoms with Crippen molar-refractivity contribution in [2.24, 2.45) is 0 Å². The molecule has 0 aromatic heterocycles. The maximum absolute atomic E-state index is 4.18. The second kappa shape index (κ2) is 4.28. The van der Waals surface area contributed by atoms with E-state index in [2.05, 4.69) is 46.0 Å². The number of rotatable bonds is 2. The largest absolute Gasteiger partial charge is 0.310 e. The molecule has 1 aromatic rings. The topological polar surface area (TPSA) is 12.0 Å². The predicted octanol–water partition coefficient (Wildman–Crippen LogP) is 3.21. The molecule has 1 saturated heterocycles. The predicted molar refractivity (Wildman–Crippen MR) is 64.2 cm³/mol. The van der Waals surface area contributed by atoms with E-state index in [1.807, 2.05) is 6.07 Å². The van der Waals surface area contributed by atoms with Crippen molar-refractivity contribution in [3.05, 3.63) is 40.9 Å². The fourth-order valence-corrected chi connectivity index (χ4v) is 2.43. The molecule has 0 bridgehead atoms. The molecule has 1 atom stereocenters. The summed E-state index contributed by atoms with van der Waals surface area (Å²) in [6.45, 7) is 5.29. The van der Waals surface area contributed by atoms with Gasteiger partial charge >= 0.3 is 0 Å².